The second-order valence-electron chi connectivity index (χ2n) is 5.13. The van der Waals surface area contributed by atoms with Gasteiger partial charge in [0.1, 0.15) is 0 Å². The lowest BCUT2D eigenvalue weighted by molar-refractivity contribution is -0.124. The Hall–Kier alpha value is -0.550. The van der Waals surface area contributed by atoms with E-state index in [4.69, 9.17) is 0 Å². The van der Waals surface area contributed by atoms with Gasteiger partial charge in [-0.15, -0.1) is 0 Å². The van der Waals surface area contributed by atoms with E-state index in [9.17, 15) is 9.00 Å². The fourth-order valence-electron chi connectivity index (χ4n) is 2.17. The molecule has 1 aliphatic rings. The van der Waals surface area contributed by atoms with Gasteiger partial charge < -0.3 is 5.32 Å². The highest BCUT2D eigenvalue weighted by atomic mass is 32.2. The van der Waals surface area contributed by atoms with Gasteiger partial charge in [0.2, 0.25) is 5.91 Å². The van der Waals surface area contributed by atoms with Crippen molar-refractivity contribution in [2.45, 2.75) is 39.2 Å². The predicted molar refractivity (Wildman–Crippen MR) is 73.4 cm³/mol. The van der Waals surface area contributed by atoms with Crippen molar-refractivity contribution in [1.82, 2.24) is 9.62 Å². The number of hydrogen-bond acceptors (Lipinski definition) is 2. The summed E-state index contributed by atoms with van der Waals surface area (Å²) in [5.41, 5.74) is 0. The molecule has 2 unspecified atom stereocenters. The van der Waals surface area contributed by atoms with Gasteiger partial charge in [-0.05, 0) is 25.1 Å². The van der Waals surface area contributed by atoms with Gasteiger partial charge in [0.05, 0.1) is 0 Å². The van der Waals surface area contributed by atoms with E-state index in [2.05, 4.69) is 11.2 Å². The van der Waals surface area contributed by atoms with Crippen molar-refractivity contribution in [3.05, 3.63) is 0 Å². The first-order chi connectivity index (χ1) is 7.82. The average Bonchev–Trinajstić information content (AvgIpc) is 2.65. The van der Waals surface area contributed by atoms with Crippen LogP contribution in [0.2, 0.25) is 0 Å². The van der Waals surface area contributed by atoms with Crippen LogP contribution >= 0.6 is 0 Å². The number of nitrogens with zero attached hydrogens (tertiary/aromatic N) is 1. The van der Waals surface area contributed by atoms with Crippen LogP contribution in [0.4, 0.5) is 0 Å². The molecule has 0 spiro atoms. The molecule has 100 valence electrons. The predicted octanol–water partition coefficient (Wildman–Crippen LogP) is 0.874. The maximum Gasteiger partial charge on any atom is 0.222 e. The smallest absolute Gasteiger partial charge is 0.222 e. The fourth-order valence-corrected chi connectivity index (χ4v) is 3.53. The molecule has 0 radical (unpaired) electrons. The van der Waals surface area contributed by atoms with E-state index in [0.29, 0.717) is 12.6 Å². The second kappa shape index (κ2) is 5.87. The van der Waals surface area contributed by atoms with Crippen LogP contribution in [0.25, 0.3) is 0 Å². The Morgan fingerprint density at radius 2 is 2.24 bits per heavy atom. The highest BCUT2D eigenvalue weighted by molar-refractivity contribution is 7.97. The number of carbonyl (C=O) groups excluding carboxylic acids is 1. The molecule has 2 atom stereocenters. The molecule has 0 aromatic rings. The van der Waals surface area contributed by atoms with Gasteiger partial charge >= 0.3 is 0 Å². The Kier molecular flexibility index (Phi) is 5.01. The number of amides is 1. The van der Waals surface area contributed by atoms with Crippen molar-refractivity contribution in [1.29, 1.82) is 0 Å². The molecule has 1 heterocycles. The van der Waals surface area contributed by atoms with Gasteiger partial charge in [0.15, 0.2) is 0 Å². The summed E-state index contributed by atoms with van der Waals surface area (Å²) in [6.07, 6.45) is 4.68. The molecule has 0 aromatic carbocycles. The third kappa shape index (κ3) is 4.32. The standard InChI is InChI=1S/C12H24N2O2S/c1-10(2)12(15)13-8-7-11-6-5-9-14(11)17(3,4)16/h10-11H,3,5-9H2,1-2,4H3,(H,13,15). The molecule has 0 aliphatic carbocycles. The zero-order valence-electron chi connectivity index (χ0n) is 11.1. The molecule has 1 N–H and O–H groups in total. The van der Waals surface area contributed by atoms with Crippen LogP contribution in [0.3, 0.4) is 0 Å². The van der Waals surface area contributed by atoms with Crippen molar-refractivity contribution in [2.75, 3.05) is 19.3 Å². The van der Waals surface area contributed by atoms with Crippen molar-refractivity contribution in [2.24, 2.45) is 5.92 Å². The molecular formula is C12H24N2O2S. The molecule has 0 saturated carbocycles. The molecule has 1 amide bonds. The summed E-state index contributed by atoms with van der Waals surface area (Å²) in [6.45, 7) is 5.29. The van der Waals surface area contributed by atoms with Gasteiger partial charge in [-0.25, -0.2) is 4.31 Å². The Bertz CT molecular complexity index is 363. The van der Waals surface area contributed by atoms with Crippen molar-refractivity contribution < 1.29 is 9.00 Å². The van der Waals surface area contributed by atoms with E-state index >= 15 is 0 Å². The minimum atomic E-state index is -2.10. The van der Waals surface area contributed by atoms with Crippen LogP contribution in [-0.4, -0.2) is 45.7 Å². The monoisotopic (exact) mass is 260 g/mol. The summed E-state index contributed by atoms with van der Waals surface area (Å²) in [4.78, 5) is 11.4. The molecule has 17 heavy (non-hydrogen) atoms. The SMILES string of the molecule is C=S(C)(=O)N1CCCC1CCNC(=O)C(C)C. The van der Waals surface area contributed by atoms with Crippen LogP contribution in [0.5, 0.6) is 0 Å². The molecule has 5 heteroatoms. The van der Waals surface area contributed by atoms with Crippen molar-refractivity contribution in [3.8, 4) is 0 Å². The normalized spacial score (nSPS) is 24.8. The van der Waals surface area contributed by atoms with Gasteiger partial charge in [0, 0.05) is 41.0 Å². The van der Waals surface area contributed by atoms with Crippen molar-refractivity contribution >= 4 is 21.5 Å². The summed E-state index contributed by atoms with van der Waals surface area (Å²) in [5.74, 6) is 3.85. The molecule has 0 aromatic heterocycles. The quantitative estimate of drug-likeness (QED) is 0.746. The fraction of sp³-hybridized carbons (Fsp3) is 0.833. The first kappa shape index (κ1) is 14.5. The summed E-state index contributed by atoms with van der Waals surface area (Å²) >= 11 is 0. The van der Waals surface area contributed by atoms with Gasteiger partial charge in [-0.3, -0.25) is 9.00 Å². The lowest BCUT2D eigenvalue weighted by Crippen LogP contribution is -2.38. The molecule has 1 saturated heterocycles. The first-order valence-corrected chi connectivity index (χ1v) is 8.28. The van der Waals surface area contributed by atoms with E-state index in [1.165, 1.54) is 0 Å². The number of hydrogen-bond donors (Lipinski definition) is 1. The molecule has 1 fully saturated rings. The Morgan fingerprint density at radius 1 is 1.59 bits per heavy atom. The van der Waals surface area contributed by atoms with Crippen LogP contribution in [0, 0.1) is 5.92 Å². The van der Waals surface area contributed by atoms with E-state index in [1.807, 2.05) is 18.2 Å². The van der Waals surface area contributed by atoms with Crippen LogP contribution in [0.1, 0.15) is 33.1 Å². The van der Waals surface area contributed by atoms with E-state index in [0.717, 1.165) is 25.8 Å². The Morgan fingerprint density at radius 3 is 2.76 bits per heavy atom. The maximum atomic E-state index is 11.9. The summed E-state index contributed by atoms with van der Waals surface area (Å²) in [5, 5.41) is 2.90. The third-order valence-electron chi connectivity index (χ3n) is 3.12. The van der Waals surface area contributed by atoms with Crippen LogP contribution in [0.15, 0.2) is 0 Å². The van der Waals surface area contributed by atoms with E-state index in [-0.39, 0.29) is 11.8 Å². The minimum absolute atomic E-state index is 0.0259. The van der Waals surface area contributed by atoms with Crippen LogP contribution < -0.4 is 5.32 Å². The van der Waals surface area contributed by atoms with Crippen molar-refractivity contribution in [3.63, 3.8) is 0 Å². The highest BCUT2D eigenvalue weighted by Crippen LogP contribution is 2.22. The number of rotatable bonds is 5. The summed E-state index contributed by atoms with van der Waals surface area (Å²) in [6, 6.07) is 0.303. The minimum Gasteiger partial charge on any atom is -0.356 e. The largest absolute Gasteiger partial charge is 0.356 e. The van der Waals surface area contributed by atoms with Gasteiger partial charge in [-0.2, -0.15) is 0 Å². The van der Waals surface area contributed by atoms with Gasteiger partial charge in [0.25, 0.3) is 0 Å². The highest BCUT2D eigenvalue weighted by Gasteiger charge is 2.27. The van der Waals surface area contributed by atoms with E-state index in [1.54, 1.807) is 6.26 Å². The maximum absolute atomic E-state index is 11.9. The number of nitrogens with one attached hydrogen (secondary N) is 1. The summed E-state index contributed by atoms with van der Waals surface area (Å²) in [7, 11) is -2.10. The summed E-state index contributed by atoms with van der Waals surface area (Å²) < 4.78 is 13.9. The zero-order chi connectivity index (χ0) is 13.1. The average molecular weight is 260 g/mol. The molecular weight excluding hydrogens is 236 g/mol. The first-order valence-electron chi connectivity index (χ1n) is 6.19. The zero-order valence-corrected chi connectivity index (χ0v) is 11.9. The van der Waals surface area contributed by atoms with E-state index < -0.39 is 9.71 Å². The molecule has 1 rings (SSSR count). The van der Waals surface area contributed by atoms with Gasteiger partial charge in [-0.1, -0.05) is 13.8 Å². The second-order valence-corrected chi connectivity index (χ2v) is 7.52. The topological polar surface area (TPSA) is 49.4 Å². The third-order valence-corrected chi connectivity index (χ3v) is 4.59. The van der Waals surface area contributed by atoms with Crippen LogP contribution in [-0.2, 0) is 14.5 Å². The lowest BCUT2D eigenvalue weighted by Gasteiger charge is -2.25. The molecule has 0 bridgehead atoms. The molecule has 4 nitrogen and oxygen atoms in total. The molecule has 1 aliphatic heterocycles. The Balaban J connectivity index is 2.39. The Labute approximate surface area is 105 Å². The number of carbonyl (C=O) groups is 1. The lowest BCUT2D eigenvalue weighted by atomic mass is 10.1.